The number of benzene rings is 1. The Hall–Kier alpha value is -2.16. The zero-order valence-corrected chi connectivity index (χ0v) is 20.2. The Morgan fingerprint density at radius 2 is 1.85 bits per heavy atom. The van der Waals surface area contributed by atoms with Gasteiger partial charge in [0.25, 0.3) is 0 Å². The minimum absolute atomic E-state index is 0.0131. The van der Waals surface area contributed by atoms with Gasteiger partial charge in [-0.2, -0.15) is 0 Å². The highest BCUT2D eigenvalue weighted by Crippen LogP contribution is 2.61. The molecule has 0 unspecified atom stereocenters. The fourth-order valence-electron chi connectivity index (χ4n) is 6.71. The second-order valence-corrected chi connectivity index (χ2v) is 10.6. The number of ether oxygens (including phenoxy) is 2. The molecule has 3 aliphatic rings. The van der Waals surface area contributed by atoms with Gasteiger partial charge in [0.05, 0.1) is 25.9 Å². The number of anilines is 1. The molecule has 2 aliphatic carbocycles. The summed E-state index contributed by atoms with van der Waals surface area (Å²) in [5.41, 5.74) is -0.352. The molecule has 1 saturated heterocycles. The molecule has 0 aromatic heterocycles. The quantitative estimate of drug-likeness (QED) is 0.605. The van der Waals surface area contributed by atoms with Gasteiger partial charge in [-0.3, -0.25) is 10.1 Å². The lowest BCUT2D eigenvalue weighted by Crippen LogP contribution is -2.61. The molecule has 4 rings (SSSR count). The minimum atomic E-state index is -0.665. The number of nitrogens with zero attached hydrogens (tertiary/aromatic N) is 1. The smallest absolute Gasteiger partial charge is 0.411 e. The number of nitrogens with one attached hydrogen (secondary N) is 1. The lowest BCUT2D eigenvalue weighted by Gasteiger charge is -2.60. The molecule has 3 fully saturated rings. The minimum Gasteiger partial charge on any atom is -0.445 e. The van der Waals surface area contributed by atoms with Crippen LogP contribution in [0.4, 0.5) is 10.5 Å². The van der Waals surface area contributed by atoms with Crippen LogP contribution in [0.25, 0.3) is 0 Å². The van der Waals surface area contributed by atoms with Gasteiger partial charge < -0.3 is 24.6 Å². The van der Waals surface area contributed by atoms with Gasteiger partial charge >= 0.3 is 6.09 Å². The van der Waals surface area contributed by atoms with Crippen LogP contribution in [0.3, 0.4) is 0 Å². The predicted molar refractivity (Wildman–Crippen MR) is 127 cm³/mol. The maximum Gasteiger partial charge on any atom is 0.411 e. The van der Waals surface area contributed by atoms with Crippen LogP contribution >= 0.6 is 0 Å². The number of morpholine rings is 1. The van der Waals surface area contributed by atoms with E-state index in [1.54, 1.807) is 12.1 Å². The van der Waals surface area contributed by atoms with Crippen LogP contribution in [0.5, 0.6) is 0 Å². The largest absolute Gasteiger partial charge is 0.445 e. The average Bonchev–Trinajstić information content (AvgIpc) is 2.84. The Kier molecular flexibility index (Phi) is 7.50. The number of hydrogen-bond acceptors (Lipinski definition) is 6. The van der Waals surface area contributed by atoms with Crippen LogP contribution < -0.4 is 5.32 Å². The monoisotopic (exact) mass is 474 g/mol. The van der Waals surface area contributed by atoms with Crippen LogP contribution in [-0.4, -0.2) is 72.2 Å². The molecule has 6 atom stereocenters. The van der Waals surface area contributed by atoms with E-state index in [1.807, 2.05) is 30.0 Å². The van der Waals surface area contributed by atoms with Gasteiger partial charge in [-0.1, -0.05) is 32.0 Å². The Bertz CT molecular complexity index is 860. The molecule has 1 aliphatic heterocycles. The number of aliphatic hydroxyl groups is 2. The van der Waals surface area contributed by atoms with Crippen molar-refractivity contribution in [1.82, 2.24) is 4.90 Å². The fourth-order valence-corrected chi connectivity index (χ4v) is 6.71. The number of amides is 2. The third-order valence-electron chi connectivity index (χ3n) is 8.70. The summed E-state index contributed by atoms with van der Waals surface area (Å²) < 4.78 is 11.2. The van der Waals surface area contributed by atoms with E-state index in [2.05, 4.69) is 12.2 Å². The molecule has 2 saturated carbocycles. The topological polar surface area (TPSA) is 108 Å². The van der Waals surface area contributed by atoms with Crippen molar-refractivity contribution in [3.05, 3.63) is 30.3 Å². The maximum absolute atomic E-state index is 13.1. The van der Waals surface area contributed by atoms with E-state index >= 15 is 0 Å². The van der Waals surface area contributed by atoms with Gasteiger partial charge in [0.1, 0.15) is 6.10 Å². The third kappa shape index (κ3) is 4.81. The molecule has 1 heterocycles. The van der Waals surface area contributed by atoms with E-state index < -0.39 is 23.7 Å². The van der Waals surface area contributed by atoms with Crippen molar-refractivity contribution < 1.29 is 29.3 Å². The first-order valence-electron chi connectivity index (χ1n) is 12.4. The molecule has 1 aromatic rings. The Labute approximate surface area is 201 Å². The van der Waals surface area contributed by atoms with Crippen molar-refractivity contribution in [3.8, 4) is 0 Å². The van der Waals surface area contributed by atoms with Crippen molar-refractivity contribution in [1.29, 1.82) is 0 Å². The Balaban J connectivity index is 1.49. The predicted octanol–water partition coefficient (Wildman–Crippen LogP) is 3.04. The SMILES string of the molecule is C[C@]1(CO)[C@H]2CC[C@@H](O)[C@@H](CC(=O)N3CCOCC3)[C@]2(C)CC[C@H]1OC(=O)Nc1ccccc1. The lowest BCUT2D eigenvalue weighted by atomic mass is 9.46. The molecule has 2 amide bonds. The molecule has 8 heteroatoms. The molecule has 0 bridgehead atoms. The van der Waals surface area contributed by atoms with E-state index in [1.165, 1.54) is 0 Å². The van der Waals surface area contributed by atoms with Gasteiger partial charge in [0, 0.05) is 30.6 Å². The number of carbonyl (C=O) groups is 2. The van der Waals surface area contributed by atoms with E-state index in [4.69, 9.17) is 9.47 Å². The number of rotatable bonds is 5. The van der Waals surface area contributed by atoms with E-state index in [-0.39, 0.29) is 36.2 Å². The van der Waals surface area contributed by atoms with Crippen molar-refractivity contribution >= 4 is 17.7 Å². The average molecular weight is 475 g/mol. The normalized spacial score (nSPS) is 35.8. The number of carbonyl (C=O) groups excluding carboxylic acids is 2. The second kappa shape index (κ2) is 10.2. The van der Waals surface area contributed by atoms with Gasteiger partial charge in [-0.15, -0.1) is 0 Å². The standard InChI is InChI=1S/C26H38N2O6/c1-25-11-10-22(34-24(32)27-18-6-4-3-5-7-18)26(2,17-29)21(25)9-8-20(30)19(25)16-23(31)28-12-14-33-15-13-28/h3-7,19-22,29-30H,8-17H2,1-2H3,(H,27,32)/t19-,20-,21+,22-,25+,26+/m1/s1. The summed E-state index contributed by atoms with van der Waals surface area (Å²) in [6, 6.07) is 9.14. The highest BCUT2D eigenvalue weighted by atomic mass is 16.6. The van der Waals surface area contributed by atoms with Gasteiger partial charge in [0.2, 0.25) is 5.91 Å². The summed E-state index contributed by atoms with van der Waals surface area (Å²) in [7, 11) is 0. The number of fused-ring (bicyclic) bond motifs is 1. The highest BCUT2D eigenvalue weighted by molar-refractivity contribution is 5.84. The number of para-hydroxylation sites is 1. The molecule has 8 nitrogen and oxygen atoms in total. The van der Waals surface area contributed by atoms with Gasteiger partial charge in [0.15, 0.2) is 0 Å². The molecule has 188 valence electrons. The second-order valence-electron chi connectivity index (χ2n) is 10.6. The van der Waals surface area contributed by atoms with Crippen molar-refractivity contribution in [2.75, 3.05) is 38.2 Å². The summed E-state index contributed by atoms with van der Waals surface area (Å²) in [5, 5.41) is 24.3. The first-order chi connectivity index (χ1) is 16.3. The summed E-state index contributed by atoms with van der Waals surface area (Å²) in [6.07, 6.45) is 1.32. The van der Waals surface area contributed by atoms with Crippen LogP contribution in [0.15, 0.2) is 30.3 Å². The zero-order valence-electron chi connectivity index (χ0n) is 20.2. The molecular formula is C26H38N2O6. The lowest BCUT2D eigenvalue weighted by molar-refractivity contribution is -0.187. The van der Waals surface area contributed by atoms with Crippen LogP contribution in [0.1, 0.15) is 46.0 Å². The van der Waals surface area contributed by atoms with Crippen LogP contribution in [0.2, 0.25) is 0 Å². The summed E-state index contributed by atoms with van der Waals surface area (Å²) in [4.78, 5) is 27.6. The maximum atomic E-state index is 13.1. The van der Waals surface area contributed by atoms with Crippen molar-refractivity contribution in [3.63, 3.8) is 0 Å². The van der Waals surface area contributed by atoms with Crippen molar-refractivity contribution in [2.24, 2.45) is 22.7 Å². The van der Waals surface area contributed by atoms with Crippen LogP contribution in [0, 0.1) is 22.7 Å². The van der Waals surface area contributed by atoms with Crippen LogP contribution in [-0.2, 0) is 14.3 Å². The fraction of sp³-hybridized carbons (Fsp3) is 0.692. The third-order valence-corrected chi connectivity index (χ3v) is 8.70. The van der Waals surface area contributed by atoms with Gasteiger partial charge in [-0.25, -0.2) is 4.79 Å². The number of aliphatic hydroxyl groups excluding tert-OH is 2. The zero-order chi connectivity index (χ0) is 24.3. The Morgan fingerprint density at radius 1 is 1.15 bits per heavy atom. The summed E-state index contributed by atoms with van der Waals surface area (Å²) >= 11 is 0. The first kappa shape index (κ1) is 24.9. The number of hydrogen-bond donors (Lipinski definition) is 3. The van der Waals surface area contributed by atoms with E-state index in [9.17, 15) is 19.8 Å². The molecule has 0 radical (unpaired) electrons. The molecule has 0 spiro atoms. The van der Waals surface area contributed by atoms with Crippen molar-refractivity contribution in [2.45, 2.75) is 58.2 Å². The first-order valence-corrected chi connectivity index (χ1v) is 12.4. The summed E-state index contributed by atoms with van der Waals surface area (Å²) in [5.74, 6) is -0.133. The molecule has 3 N–H and O–H groups in total. The highest BCUT2D eigenvalue weighted by Gasteiger charge is 2.60. The molecular weight excluding hydrogens is 436 g/mol. The van der Waals surface area contributed by atoms with Gasteiger partial charge in [-0.05, 0) is 55.1 Å². The molecule has 1 aromatic carbocycles. The van der Waals surface area contributed by atoms with E-state index in [0.717, 1.165) is 6.42 Å². The Morgan fingerprint density at radius 3 is 2.53 bits per heavy atom. The van der Waals surface area contributed by atoms with E-state index in [0.29, 0.717) is 51.3 Å². The summed E-state index contributed by atoms with van der Waals surface area (Å²) in [6.45, 7) is 6.26. The molecule has 34 heavy (non-hydrogen) atoms.